The van der Waals surface area contributed by atoms with E-state index in [1.54, 1.807) is 12.1 Å². The fourth-order valence-electron chi connectivity index (χ4n) is 1.40. The lowest BCUT2D eigenvalue weighted by Crippen LogP contribution is -2.41. The summed E-state index contributed by atoms with van der Waals surface area (Å²) >= 11 is 11.8. The summed E-state index contributed by atoms with van der Waals surface area (Å²) in [7, 11) is 0. The Kier molecular flexibility index (Phi) is 10.7. The summed E-state index contributed by atoms with van der Waals surface area (Å²) in [6.45, 7) is 3.91. The largest absolute Gasteiger partial charge is 0.380 e. The molecule has 1 aromatic carbocycles. The molecule has 0 fully saturated rings. The summed E-state index contributed by atoms with van der Waals surface area (Å²) in [5.74, 6) is 0.379. The third-order valence-corrected chi connectivity index (χ3v) is 3.13. The Labute approximate surface area is 146 Å². The number of halogens is 3. The summed E-state index contributed by atoms with van der Waals surface area (Å²) in [6.07, 6.45) is 0. The van der Waals surface area contributed by atoms with Gasteiger partial charge in [0, 0.05) is 6.61 Å². The zero-order valence-electron chi connectivity index (χ0n) is 12.2. The van der Waals surface area contributed by atoms with Crippen molar-refractivity contribution in [3.05, 3.63) is 33.8 Å². The number of nitrogens with one attached hydrogen (secondary N) is 1. The second-order valence-corrected chi connectivity index (χ2v) is 4.85. The van der Waals surface area contributed by atoms with Gasteiger partial charge >= 0.3 is 0 Å². The molecule has 6 nitrogen and oxygen atoms in total. The summed E-state index contributed by atoms with van der Waals surface area (Å²) in [5, 5.41) is 3.67. The van der Waals surface area contributed by atoms with E-state index >= 15 is 0 Å². The van der Waals surface area contributed by atoms with Crippen molar-refractivity contribution >= 4 is 47.5 Å². The molecular formula is C13H20Cl3N5O. The highest BCUT2D eigenvalue weighted by molar-refractivity contribution is 6.42. The van der Waals surface area contributed by atoms with Gasteiger partial charge in [-0.25, -0.2) is 4.99 Å². The van der Waals surface area contributed by atoms with Gasteiger partial charge in [-0.2, -0.15) is 0 Å². The number of nitrogens with zero attached hydrogens (tertiary/aromatic N) is 2. The molecule has 1 rings (SSSR count). The number of hydrogen-bond acceptors (Lipinski definition) is 3. The van der Waals surface area contributed by atoms with Gasteiger partial charge in [0.05, 0.1) is 29.7 Å². The number of benzene rings is 1. The summed E-state index contributed by atoms with van der Waals surface area (Å²) in [6, 6.07) is 5.27. The van der Waals surface area contributed by atoms with E-state index < -0.39 is 0 Å². The molecule has 5 N–H and O–H groups in total. The van der Waals surface area contributed by atoms with Gasteiger partial charge in [-0.1, -0.05) is 29.3 Å². The fourth-order valence-corrected chi connectivity index (χ4v) is 1.72. The zero-order valence-corrected chi connectivity index (χ0v) is 14.5. The molecule has 124 valence electrons. The minimum Gasteiger partial charge on any atom is -0.380 e. The SMILES string of the molecule is CCOCCN=C(N)NC(N)=NCc1ccc(Cl)c(Cl)c1.Cl. The summed E-state index contributed by atoms with van der Waals surface area (Å²) in [5.41, 5.74) is 12.3. The third kappa shape index (κ3) is 8.29. The van der Waals surface area contributed by atoms with Crippen molar-refractivity contribution < 1.29 is 4.74 Å². The van der Waals surface area contributed by atoms with E-state index in [0.717, 1.165) is 5.56 Å². The molecular weight excluding hydrogens is 349 g/mol. The molecule has 0 amide bonds. The Morgan fingerprint density at radius 1 is 1.18 bits per heavy atom. The molecule has 9 heteroatoms. The Bertz CT molecular complexity index is 522. The molecule has 0 saturated carbocycles. The number of rotatable bonds is 6. The van der Waals surface area contributed by atoms with Crippen LogP contribution in [0.1, 0.15) is 12.5 Å². The molecule has 0 saturated heterocycles. The van der Waals surface area contributed by atoms with Crippen molar-refractivity contribution in [2.24, 2.45) is 21.5 Å². The average molecular weight is 369 g/mol. The predicted octanol–water partition coefficient (Wildman–Crippen LogP) is 2.17. The third-order valence-electron chi connectivity index (χ3n) is 2.39. The molecule has 0 aromatic heterocycles. The van der Waals surface area contributed by atoms with Crippen LogP contribution in [0.25, 0.3) is 0 Å². The van der Waals surface area contributed by atoms with Crippen LogP contribution in [0.15, 0.2) is 28.2 Å². The van der Waals surface area contributed by atoms with E-state index in [4.69, 9.17) is 39.4 Å². The van der Waals surface area contributed by atoms with Crippen LogP contribution >= 0.6 is 35.6 Å². The Morgan fingerprint density at radius 2 is 1.86 bits per heavy atom. The van der Waals surface area contributed by atoms with Gasteiger partial charge in [-0.15, -0.1) is 12.4 Å². The molecule has 0 heterocycles. The van der Waals surface area contributed by atoms with E-state index in [1.165, 1.54) is 0 Å². The van der Waals surface area contributed by atoms with Crippen LogP contribution in [-0.4, -0.2) is 31.7 Å². The van der Waals surface area contributed by atoms with Gasteiger partial charge in [0.1, 0.15) is 0 Å². The van der Waals surface area contributed by atoms with Crippen LogP contribution < -0.4 is 16.8 Å². The predicted molar refractivity (Wildman–Crippen MR) is 95.2 cm³/mol. The highest BCUT2D eigenvalue weighted by atomic mass is 35.5. The number of nitrogens with two attached hydrogens (primary N) is 2. The molecule has 1 aromatic rings. The van der Waals surface area contributed by atoms with Gasteiger partial charge in [-0.05, 0) is 24.6 Å². The van der Waals surface area contributed by atoms with Crippen molar-refractivity contribution in [2.75, 3.05) is 19.8 Å². The minimum atomic E-state index is 0. The molecule has 0 atom stereocenters. The first-order chi connectivity index (χ1) is 10.0. The number of ether oxygens (including phenoxy) is 1. The van der Waals surface area contributed by atoms with Crippen LogP contribution in [0.4, 0.5) is 0 Å². The van der Waals surface area contributed by atoms with Crippen LogP contribution in [0.3, 0.4) is 0 Å². The van der Waals surface area contributed by atoms with E-state index in [0.29, 0.717) is 36.3 Å². The van der Waals surface area contributed by atoms with E-state index in [9.17, 15) is 0 Å². The monoisotopic (exact) mass is 367 g/mol. The fraction of sp³-hybridized carbons (Fsp3) is 0.385. The second kappa shape index (κ2) is 11.4. The molecule has 22 heavy (non-hydrogen) atoms. The van der Waals surface area contributed by atoms with Crippen molar-refractivity contribution in [1.82, 2.24) is 5.32 Å². The first-order valence-electron chi connectivity index (χ1n) is 6.41. The van der Waals surface area contributed by atoms with Gasteiger partial charge < -0.3 is 16.2 Å². The highest BCUT2D eigenvalue weighted by Gasteiger charge is 2.00. The quantitative estimate of drug-likeness (QED) is 0.407. The van der Waals surface area contributed by atoms with Crippen molar-refractivity contribution in [3.8, 4) is 0 Å². The van der Waals surface area contributed by atoms with Gasteiger partial charge in [0.2, 0.25) is 0 Å². The van der Waals surface area contributed by atoms with Crippen LogP contribution in [0, 0.1) is 0 Å². The highest BCUT2D eigenvalue weighted by Crippen LogP contribution is 2.22. The molecule has 0 aliphatic carbocycles. The number of aliphatic imine (C=N–C) groups is 2. The lowest BCUT2D eigenvalue weighted by Gasteiger charge is -2.05. The van der Waals surface area contributed by atoms with Crippen molar-refractivity contribution in [2.45, 2.75) is 13.5 Å². The molecule has 0 spiro atoms. The summed E-state index contributed by atoms with van der Waals surface area (Å²) in [4.78, 5) is 8.18. The zero-order chi connectivity index (χ0) is 15.7. The van der Waals surface area contributed by atoms with Crippen LogP contribution in [0.2, 0.25) is 10.0 Å². The van der Waals surface area contributed by atoms with Gasteiger partial charge in [0.25, 0.3) is 0 Å². The topological polar surface area (TPSA) is 98.0 Å². The Hall–Kier alpha value is -1.21. The lowest BCUT2D eigenvalue weighted by atomic mass is 10.2. The second-order valence-electron chi connectivity index (χ2n) is 4.04. The maximum atomic E-state index is 5.92. The molecule has 0 aliphatic rings. The van der Waals surface area contributed by atoms with Crippen LogP contribution in [-0.2, 0) is 11.3 Å². The van der Waals surface area contributed by atoms with E-state index in [-0.39, 0.29) is 24.3 Å². The number of hydrogen-bond donors (Lipinski definition) is 3. The first-order valence-corrected chi connectivity index (χ1v) is 7.17. The Balaban J connectivity index is 0.00000441. The van der Waals surface area contributed by atoms with Crippen LogP contribution in [0.5, 0.6) is 0 Å². The maximum absolute atomic E-state index is 5.92. The van der Waals surface area contributed by atoms with Gasteiger partial charge in [0.15, 0.2) is 11.9 Å². The van der Waals surface area contributed by atoms with Crippen molar-refractivity contribution in [1.29, 1.82) is 0 Å². The minimum absolute atomic E-state index is 0. The maximum Gasteiger partial charge on any atom is 0.195 e. The first kappa shape index (κ1) is 20.8. The summed E-state index contributed by atoms with van der Waals surface area (Å²) < 4.78 is 5.14. The molecule has 0 bridgehead atoms. The average Bonchev–Trinajstić information content (AvgIpc) is 2.45. The molecule has 0 aliphatic heterocycles. The van der Waals surface area contributed by atoms with E-state index in [1.807, 2.05) is 13.0 Å². The van der Waals surface area contributed by atoms with Gasteiger partial charge in [-0.3, -0.25) is 10.3 Å². The number of guanidine groups is 2. The van der Waals surface area contributed by atoms with E-state index in [2.05, 4.69) is 15.3 Å². The molecule has 0 radical (unpaired) electrons. The van der Waals surface area contributed by atoms with Crippen molar-refractivity contribution in [3.63, 3.8) is 0 Å². The molecule has 0 unspecified atom stereocenters. The smallest absolute Gasteiger partial charge is 0.195 e. The lowest BCUT2D eigenvalue weighted by molar-refractivity contribution is 0.156. The Morgan fingerprint density at radius 3 is 2.50 bits per heavy atom. The standard InChI is InChI=1S/C13H19Cl2N5O.ClH/c1-2-21-6-5-18-12(16)20-13(17)19-8-9-3-4-10(14)11(15)7-9;/h3-4,7H,2,5-6,8H2,1H3,(H5,16,17,18,19,20);1H. The normalized spacial score (nSPS) is 12.0.